The average Bonchev–Trinajstić information content (AvgIpc) is 2.82. The Balaban J connectivity index is 2.17. The highest BCUT2D eigenvalue weighted by atomic mass is 32.2. The van der Waals surface area contributed by atoms with Gasteiger partial charge in [-0.25, -0.2) is 0 Å². The van der Waals surface area contributed by atoms with E-state index in [-0.39, 0.29) is 17.9 Å². The molecule has 16 heavy (non-hydrogen) atoms. The molecule has 0 saturated heterocycles. The van der Waals surface area contributed by atoms with Gasteiger partial charge in [0.05, 0.1) is 6.10 Å². The zero-order valence-electron chi connectivity index (χ0n) is 10.3. The Morgan fingerprint density at radius 2 is 2.19 bits per heavy atom. The van der Waals surface area contributed by atoms with E-state index in [1.807, 2.05) is 11.8 Å². The van der Waals surface area contributed by atoms with Crippen molar-refractivity contribution in [3.05, 3.63) is 0 Å². The third-order valence-electron chi connectivity index (χ3n) is 3.21. The minimum absolute atomic E-state index is 0.165. The summed E-state index contributed by atoms with van der Waals surface area (Å²) in [6, 6.07) is 0. The molecule has 1 unspecified atom stereocenters. The SMILES string of the molecule is COC(CCSC)CNC(=O)C1CCCC1. The van der Waals surface area contributed by atoms with Gasteiger partial charge in [0.2, 0.25) is 5.91 Å². The molecule has 1 atom stereocenters. The fraction of sp³-hybridized carbons (Fsp3) is 0.917. The smallest absolute Gasteiger partial charge is 0.223 e. The van der Waals surface area contributed by atoms with E-state index in [1.165, 1.54) is 12.8 Å². The lowest BCUT2D eigenvalue weighted by molar-refractivity contribution is -0.125. The first kappa shape index (κ1) is 13.8. The first-order valence-corrected chi connectivity index (χ1v) is 7.46. The number of thioether (sulfide) groups is 1. The number of rotatable bonds is 7. The summed E-state index contributed by atoms with van der Waals surface area (Å²) in [7, 11) is 1.71. The highest BCUT2D eigenvalue weighted by Gasteiger charge is 2.22. The van der Waals surface area contributed by atoms with Crippen molar-refractivity contribution < 1.29 is 9.53 Å². The topological polar surface area (TPSA) is 38.3 Å². The maximum absolute atomic E-state index is 11.8. The molecule has 1 aliphatic carbocycles. The molecule has 0 bridgehead atoms. The number of amides is 1. The Bertz CT molecular complexity index is 205. The van der Waals surface area contributed by atoms with Crippen molar-refractivity contribution in [2.24, 2.45) is 5.92 Å². The van der Waals surface area contributed by atoms with Crippen LogP contribution in [0.25, 0.3) is 0 Å². The molecular weight excluding hydrogens is 222 g/mol. The summed E-state index contributed by atoms with van der Waals surface area (Å²) in [5.41, 5.74) is 0. The lowest BCUT2D eigenvalue weighted by Crippen LogP contribution is -2.36. The molecule has 1 rings (SSSR count). The van der Waals surface area contributed by atoms with E-state index in [4.69, 9.17) is 4.74 Å². The summed E-state index contributed by atoms with van der Waals surface area (Å²) in [6.45, 7) is 0.659. The first-order valence-electron chi connectivity index (χ1n) is 6.07. The highest BCUT2D eigenvalue weighted by Crippen LogP contribution is 2.24. The quantitative estimate of drug-likeness (QED) is 0.746. The van der Waals surface area contributed by atoms with Crippen molar-refractivity contribution in [2.75, 3.05) is 25.7 Å². The van der Waals surface area contributed by atoms with Crippen LogP contribution in [0.1, 0.15) is 32.1 Å². The number of ether oxygens (including phenoxy) is 1. The summed E-state index contributed by atoms with van der Waals surface area (Å²) in [5, 5.41) is 3.01. The predicted molar refractivity (Wildman–Crippen MR) is 68.8 cm³/mol. The third kappa shape index (κ3) is 4.74. The lowest BCUT2D eigenvalue weighted by Gasteiger charge is -2.17. The van der Waals surface area contributed by atoms with Crippen molar-refractivity contribution in [1.29, 1.82) is 0 Å². The van der Waals surface area contributed by atoms with Gasteiger partial charge in [-0.2, -0.15) is 11.8 Å². The fourth-order valence-electron chi connectivity index (χ4n) is 2.10. The molecule has 0 aromatic rings. The second-order valence-electron chi connectivity index (χ2n) is 4.37. The molecule has 4 heteroatoms. The van der Waals surface area contributed by atoms with Crippen LogP contribution >= 0.6 is 11.8 Å². The van der Waals surface area contributed by atoms with Gasteiger partial charge < -0.3 is 10.1 Å². The van der Waals surface area contributed by atoms with Crippen LogP contribution in [-0.2, 0) is 9.53 Å². The molecule has 0 aromatic carbocycles. The summed E-state index contributed by atoms with van der Waals surface area (Å²) in [6.07, 6.45) is 7.80. The highest BCUT2D eigenvalue weighted by molar-refractivity contribution is 7.98. The molecule has 0 aromatic heterocycles. The van der Waals surface area contributed by atoms with Gasteiger partial charge in [0.25, 0.3) is 0 Å². The largest absolute Gasteiger partial charge is 0.380 e. The predicted octanol–water partition coefficient (Wildman–Crippen LogP) is 2.06. The van der Waals surface area contributed by atoms with Crippen LogP contribution in [0.4, 0.5) is 0 Å². The van der Waals surface area contributed by atoms with Gasteiger partial charge in [0.15, 0.2) is 0 Å². The zero-order chi connectivity index (χ0) is 11.8. The van der Waals surface area contributed by atoms with Crippen molar-refractivity contribution in [1.82, 2.24) is 5.32 Å². The molecule has 1 fully saturated rings. The van der Waals surface area contributed by atoms with Gasteiger partial charge in [-0.15, -0.1) is 0 Å². The minimum atomic E-state index is 0.165. The Kier molecular flexibility index (Phi) is 6.88. The molecule has 0 spiro atoms. The molecule has 1 amide bonds. The van der Waals surface area contributed by atoms with E-state index in [0.717, 1.165) is 25.0 Å². The van der Waals surface area contributed by atoms with E-state index in [1.54, 1.807) is 7.11 Å². The van der Waals surface area contributed by atoms with Crippen LogP contribution in [0.5, 0.6) is 0 Å². The van der Waals surface area contributed by atoms with Crippen molar-refractivity contribution in [3.63, 3.8) is 0 Å². The van der Waals surface area contributed by atoms with Crippen LogP contribution in [0.3, 0.4) is 0 Å². The van der Waals surface area contributed by atoms with Crippen LogP contribution in [0.15, 0.2) is 0 Å². The van der Waals surface area contributed by atoms with Gasteiger partial charge >= 0.3 is 0 Å². The fourth-order valence-corrected chi connectivity index (χ4v) is 2.60. The molecule has 94 valence electrons. The molecular formula is C12H23NO2S. The number of nitrogens with one attached hydrogen (secondary N) is 1. The first-order chi connectivity index (χ1) is 7.77. The molecule has 1 N–H and O–H groups in total. The average molecular weight is 245 g/mol. The second-order valence-corrected chi connectivity index (χ2v) is 5.35. The summed E-state index contributed by atoms with van der Waals surface area (Å²) < 4.78 is 5.34. The molecule has 0 aliphatic heterocycles. The van der Waals surface area contributed by atoms with E-state index >= 15 is 0 Å². The lowest BCUT2D eigenvalue weighted by atomic mass is 10.1. The van der Waals surface area contributed by atoms with Crippen LogP contribution in [-0.4, -0.2) is 37.7 Å². The number of carbonyl (C=O) groups excluding carboxylic acids is 1. The number of carbonyl (C=O) groups is 1. The van der Waals surface area contributed by atoms with Crippen molar-refractivity contribution in [3.8, 4) is 0 Å². The molecule has 0 radical (unpaired) electrons. The summed E-state index contributed by atoms with van der Waals surface area (Å²) >= 11 is 1.81. The van der Waals surface area contributed by atoms with Crippen LogP contribution < -0.4 is 5.32 Å². The van der Waals surface area contributed by atoms with Crippen molar-refractivity contribution in [2.45, 2.75) is 38.2 Å². The Hall–Kier alpha value is -0.220. The standard InChI is InChI=1S/C12H23NO2S/c1-15-11(7-8-16-2)9-13-12(14)10-5-3-4-6-10/h10-11H,3-9H2,1-2H3,(H,13,14). The van der Waals surface area contributed by atoms with Gasteiger partial charge in [-0.3, -0.25) is 4.79 Å². The Labute approximate surface area is 103 Å². The third-order valence-corrected chi connectivity index (χ3v) is 3.85. The number of methoxy groups -OCH3 is 1. The number of hydrogen-bond donors (Lipinski definition) is 1. The Morgan fingerprint density at radius 3 is 2.75 bits per heavy atom. The maximum Gasteiger partial charge on any atom is 0.223 e. The van der Waals surface area contributed by atoms with E-state index in [9.17, 15) is 4.79 Å². The van der Waals surface area contributed by atoms with E-state index in [0.29, 0.717) is 6.54 Å². The summed E-state index contributed by atoms with van der Waals surface area (Å²) in [4.78, 5) is 11.8. The zero-order valence-corrected chi connectivity index (χ0v) is 11.1. The molecule has 0 heterocycles. The second kappa shape index (κ2) is 7.96. The van der Waals surface area contributed by atoms with E-state index in [2.05, 4.69) is 11.6 Å². The molecule has 1 aliphatic rings. The number of hydrogen-bond acceptors (Lipinski definition) is 3. The molecule has 3 nitrogen and oxygen atoms in total. The Morgan fingerprint density at radius 1 is 1.50 bits per heavy atom. The van der Waals surface area contributed by atoms with Crippen LogP contribution in [0.2, 0.25) is 0 Å². The maximum atomic E-state index is 11.8. The summed E-state index contributed by atoms with van der Waals surface area (Å²) in [5.74, 6) is 1.57. The monoisotopic (exact) mass is 245 g/mol. The molecule has 1 saturated carbocycles. The van der Waals surface area contributed by atoms with E-state index < -0.39 is 0 Å². The van der Waals surface area contributed by atoms with Gasteiger partial charge in [-0.05, 0) is 31.3 Å². The van der Waals surface area contributed by atoms with Gasteiger partial charge in [0.1, 0.15) is 0 Å². The normalized spacial score (nSPS) is 18.6. The minimum Gasteiger partial charge on any atom is -0.380 e. The van der Waals surface area contributed by atoms with Gasteiger partial charge in [-0.1, -0.05) is 12.8 Å². The van der Waals surface area contributed by atoms with Gasteiger partial charge in [0, 0.05) is 19.6 Å². The van der Waals surface area contributed by atoms with Crippen LogP contribution in [0, 0.1) is 5.92 Å². The van der Waals surface area contributed by atoms with Crippen molar-refractivity contribution >= 4 is 17.7 Å².